The molecule has 0 radical (unpaired) electrons. The Kier molecular flexibility index (Phi) is 3.80. The molecule has 0 spiro atoms. The molecule has 1 aliphatic heterocycles. The summed E-state index contributed by atoms with van der Waals surface area (Å²) in [5, 5.41) is 0. The lowest BCUT2D eigenvalue weighted by atomic mass is 9.88. The zero-order chi connectivity index (χ0) is 14.0. The normalized spacial score (nSPS) is 19.9. The van der Waals surface area contributed by atoms with Gasteiger partial charge in [0.25, 0.3) is 0 Å². The molecule has 0 aromatic heterocycles. The van der Waals surface area contributed by atoms with Crippen molar-refractivity contribution in [2.24, 2.45) is 11.7 Å². The average Bonchev–Trinajstić information content (AvgIpc) is 2.72. The van der Waals surface area contributed by atoms with Gasteiger partial charge in [-0.3, -0.25) is 4.79 Å². The summed E-state index contributed by atoms with van der Waals surface area (Å²) in [6, 6.07) is 7.82. The van der Waals surface area contributed by atoms with Crippen LogP contribution in [0.15, 0.2) is 24.3 Å². The molecule has 2 rings (SSSR count). The van der Waals surface area contributed by atoms with Gasteiger partial charge in [0.05, 0.1) is 7.11 Å². The zero-order valence-corrected chi connectivity index (χ0v) is 11.8. The zero-order valence-electron chi connectivity index (χ0n) is 11.8. The largest absolute Gasteiger partial charge is 0.497 e. The van der Waals surface area contributed by atoms with Crippen molar-refractivity contribution in [3.63, 3.8) is 0 Å². The Bertz CT molecular complexity index is 448. The molecule has 1 aliphatic rings. The standard InChI is InChI=1S/C15H22N2O2/c1-15(2,16)12-8-14(18)17(10-12)9-11-4-6-13(19-3)7-5-11/h4-7,12H,8-10,16H2,1-3H3. The van der Waals surface area contributed by atoms with Gasteiger partial charge in [0.15, 0.2) is 0 Å². The first kappa shape index (κ1) is 13.9. The Hall–Kier alpha value is -1.55. The molecule has 1 aromatic rings. The van der Waals surface area contributed by atoms with Crippen LogP contribution in [-0.4, -0.2) is 30.0 Å². The summed E-state index contributed by atoms with van der Waals surface area (Å²) in [5.74, 6) is 1.26. The molecule has 1 fully saturated rings. The minimum Gasteiger partial charge on any atom is -0.497 e. The fourth-order valence-corrected chi connectivity index (χ4v) is 2.37. The van der Waals surface area contributed by atoms with Gasteiger partial charge >= 0.3 is 0 Å². The summed E-state index contributed by atoms with van der Waals surface area (Å²) in [6.45, 7) is 5.37. The maximum atomic E-state index is 12.0. The third-order valence-electron chi connectivity index (χ3n) is 3.80. The van der Waals surface area contributed by atoms with Crippen LogP contribution in [-0.2, 0) is 11.3 Å². The highest BCUT2D eigenvalue weighted by Crippen LogP contribution is 2.27. The van der Waals surface area contributed by atoms with Gasteiger partial charge in [0.1, 0.15) is 5.75 Å². The van der Waals surface area contributed by atoms with Crippen molar-refractivity contribution in [1.82, 2.24) is 4.90 Å². The highest BCUT2D eigenvalue weighted by atomic mass is 16.5. The molecule has 0 aliphatic carbocycles. The Balaban J connectivity index is 2.01. The van der Waals surface area contributed by atoms with E-state index in [-0.39, 0.29) is 17.4 Å². The van der Waals surface area contributed by atoms with E-state index in [1.54, 1.807) is 7.11 Å². The van der Waals surface area contributed by atoms with E-state index in [2.05, 4.69) is 0 Å². The first-order valence-corrected chi connectivity index (χ1v) is 6.59. The number of ether oxygens (including phenoxy) is 1. The van der Waals surface area contributed by atoms with E-state index >= 15 is 0 Å². The number of nitrogens with two attached hydrogens (primary N) is 1. The van der Waals surface area contributed by atoms with Gasteiger partial charge in [-0.25, -0.2) is 0 Å². The summed E-state index contributed by atoms with van der Waals surface area (Å²) < 4.78 is 5.12. The molecule has 1 saturated heterocycles. The molecule has 1 aromatic carbocycles. The fourth-order valence-electron chi connectivity index (χ4n) is 2.37. The molecule has 2 N–H and O–H groups in total. The van der Waals surface area contributed by atoms with Crippen LogP contribution in [0.3, 0.4) is 0 Å². The number of carbonyl (C=O) groups excluding carboxylic acids is 1. The molecule has 0 bridgehead atoms. The summed E-state index contributed by atoms with van der Waals surface area (Å²) >= 11 is 0. The molecule has 4 nitrogen and oxygen atoms in total. The summed E-state index contributed by atoms with van der Waals surface area (Å²) in [6.07, 6.45) is 0.555. The van der Waals surface area contributed by atoms with Gasteiger partial charge in [-0.1, -0.05) is 12.1 Å². The van der Waals surface area contributed by atoms with E-state index < -0.39 is 0 Å². The maximum absolute atomic E-state index is 12.0. The number of carbonyl (C=O) groups is 1. The predicted octanol–water partition coefficient (Wildman–Crippen LogP) is 1.78. The summed E-state index contributed by atoms with van der Waals surface area (Å²) in [7, 11) is 1.65. The Morgan fingerprint density at radius 1 is 1.37 bits per heavy atom. The van der Waals surface area contributed by atoms with Gasteiger partial charge in [-0.2, -0.15) is 0 Å². The molecule has 104 valence electrons. The van der Waals surface area contributed by atoms with Crippen molar-refractivity contribution in [1.29, 1.82) is 0 Å². The van der Waals surface area contributed by atoms with Crippen LogP contribution in [0.1, 0.15) is 25.8 Å². The van der Waals surface area contributed by atoms with Gasteiger partial charge in [0, 0.05) is 31.0 Å². The smallest absolute Gasteiger partial charge is 0.223 e. The lowest BCUT2D eigenvalue weighted by molar-refractivity contribution is -0.128. The third-order valence-corrected chi connectivity index (χ3v) is 3.80. The molecular formula is C15H22N2O2. The molecule has 0 saturated carbocycles. The second kappa shape index (κ2) is 5.21. The number of nitrogens with zero attached hydrogens (tertiary/aromatic N) is 1. The molecule has 1 heterocycles. The van der Waals surface area contributed by atoms with E-state index in [0.29, 0.717) is 13.0 Å². The molecular weight excluding hydrogens is 240 g/mol. The molecule has 1 amide bonds. The maximum Gasteiger partial charge on any atom is 0.223 e. The number of benzene rings is 1. The number of likely N-dealkylation sites (tertiary alicyclic amines) is 1. The second-order valence-electron chi connectivity index (χ2n) is 5.84. The van der Waals surface area contributed by atoms with E-state index in [0.717, 1.165) is 17.9 Å². The van der Waals surface area contributed by atoms with Crippen LogP contribution in [0.4, 0.5) is 0 Å². The lowest BCUT2D eigenvalue weighted by Crippen LogP contribution is -2.42. The second-order valence-corrected chi connectivity index (χ2v) is 5.84. The first-order chi connectivity index (χ1) is 8.90. The van der Waals surface area contributed by atoms with Gasteiger partial charge < -0.3 is 15.4 Å². The number of hydrogen-bond acceptors (Lipinski definition) is 3. The Labute approximate surface area is 114 Å². The van der Waals surface area contributed by atoms with Gasteiger partial charge in [0.2, 0.25) is 5.91 Å². The first-order valence-electron chi connectivity index (χ1n) is 6.59. The highest BCUT2D eigenvalue weighted by Gasteiger charge is 2.36. The lowest BCUT2D eigenvalue weighted by Gasteiger charge is -2.26. The number of rotatable bonds is 4. The predicted molar refractivity (Wildman–Crippen MR) is 74.8 cm³/mol. The number of methoxy groups -OCH3 is 1. The van der Waals surface area contributed by atoms with Crippen LogP contribution >= 0.6 is 0 Å². The highest BCUT2D eigenvalue weighted by molar-refractivity contribution is 5.78. The van der Waals surface area contributed by atoms with Crippen LogP contribution in [0.2, 0.25) is 0 Å². The Morgan fingerprint density at radius 2 is 2.00 bits per heavy atom. The average molecular weight is 262 g/mol. The monoisotopic (exact) mass is 262 g/mol. The van der Waals surface area contributed by atoms with Crippen molar-refractivity contribution >= 4 is 5.91 Å². The third kappa shape index (κ3) is 3.26. The molecule has 4 heteroatoms. The summed E-state index contributed by atoms with van der Waals surface area (Å²) in [4.78, 5) is 13.9. The minimum absolute atomic E-state index is 0.194. The van der Waals surface area contributed by atoms with Crippen LogP contribution in [0, 0.1) is 5.92 Å². The Morgan fingerprint density at radius 3 is 2.47 bits per heavy atom. The van der Waals surface area contributed by atoms with E-state index in [1.165, 1.54) is 0 Å². The van der Waals surface area contributed by atoms with Crippen molar-refractivity contribution in [3.8, 4) is 5.75 Å². The summed E-state index contributed by atoms with van der Waals surface area (Å²) in [5.41, 5.74) is 6.92. The van der Waals surface area contributed by atoms with Crippen molar-refractivity contribution in [2.45, 2.75) is 32.4 Å². The van der Waals surface area contributed by atoms with Crippen molar-refractivity contribution in [2.75, 3.05) is 13.7 Å². The molecule has 1 unspecified atom stereocenters. The van der Waals surface area contributed by atoms with E-state index in [4.69, 9.17) is 10.5 Å². The van der Waals surface area contributed by atoms with Gasteiger partial charge in [-0.15, -0.1) is 0 Å². The van der Waals surface area contributed by atoms with Crippen molar-refractivity contribution in [3.05, 3.63) is 29.8 Å². The van der Waals surface area contributed by atoms with E-state index in [9.17, 15) is 4.79 Å². The fraction of sp³-hybridized carbons (Fsp3) is 0.533. The number of hydrogen-bond donors (Lipinski definition) is 1. The molecule has 19 heavy (non-hydrogen) atoms. The minimum atomic E-state index is -0.301. The quantitative estimate of drug-likeness (QED) is 0.900. The topological polar surface area (TPSA) is 55.6 Å². The molecule has 1 atom stereocenters. The SMILES string of the molecule is COc1ccc(CN2CC(C(C)(C)N)CC2=O)cc1. The van der Waals surface area contributed by atoms with Crippen molar-refractivity contribution < 1.29 is 9.53 Å². The van der Waals surface area contributed by atoms with Crippen LogP contribution in [0.5, 0.6) is 5.75 Å². The van der Waals surface area contributed by atoms with Crippen LogP contribution in [0.25, 0.3) is 0 Å². The van der Waals surface area contributed by atoms with Crippen LogP contribution < -0.4 is 10.5 Å². The van der Waals surface area contributed by atoms with Gasteiger partial charge in [-0.05, 0) is 31.5 Å². The number of amides is 1. The van der Waals surface area contributed by atoms with E-state index in [1.807, 2.05) is 43.0 Å².